The smallest absolute Gasteiger partial charge is 0.227 e. The summed E-state index contributed by atoms with van der Waals surface area (Å²) >= 11 is 0. The monoisotopic (exact) mass is 424 g/mol. The van der Waals surface area contributed by atoms with Crippen LogP contribution in [-0.2, 0) is 9.59 Å². The Morgan fingerprint density at radius 2 is 1.77 bits per heavy atom. The number of ether oxygens (including phenoxy) is 2. The molecule has 1 aliphatic rings. The minimum absolute atomic E-state index is 0.0107. The third-order valence-corrected chi connectivity index (χ3v) is 5.68. The van der Waals surface area contributed by atoms with Gasteiger partial charge in [-0.25, -0.2) is 0 Å². The molecule has 1 heterocycles. The second-order valence-electron chi connectivity index (χ2n) is 8.44. The van der Waals surface area contributed by atoms with Crippen molar-refractivity contribution in [2.45, 2.75) is 39.7 Å². The van der Waals surface area contributed by atoms with Gasteiger partial charge >= 0.3 is 0 Å². The molecule has 0 saturated carbocycles. The lowest BCUT2D eigenvalue weighted by Crippen LogP contribution is -2.48. The number of aryl methyl sites for hydroxylation is 1. The van der Waals surface area contributed by atoms with E-state index in [4.69, 9.17) is 9.47 Å². The minimum Gasteiger partial charge on any atom is -0.493 e. The number of nitrogens with one attached hydrogen (secondary N) is 1. The van der Waals surface area contributed by atoms with E-state index in [1.165, 1.54) is 0 Å². The third kappa shape index (κ3) is 5.01. The van der Waals surface area contributed by atoms with E-state index in [-0.39, 0.29) is 17.7 Å². The summed E-state index contributed by atoms with van der Waals surface area (Å²) in [7, 11) is 3.17. The number of benzene rings is 2. The van der Waals surface area contributed by atoms with Crippen molar-refractivity contribution >= 4 is 17.5 Å². The Morgan fingerprint density at radius 1 is 1.10 bits per heavy atom. The van der Waals surface area contributed by atoms with Gasteiger partial charge in [-0.2, -0.15) is 0 Å². The van der Waals surface area contributed by atoms with Crippen LogP contribution in [0.3, 0.4) is 0 Å². The topological polar surface area (TPSA) is 67.9 Å². The zero-order valence-corrected chi connectivity index (χ0v) is 19.0. The number of carbonyl (C=O) groups excluding carboxylic acids is 2. The van der Waals surface area contributed by atoms with Crippen molar-refractivity contribution in [2.24, 2.45) is 11.8 Å². The molecule has 0 radical (unpaired) electrons. The lowest BCUT2D eigenvalue weighted by molar-refractivity contribution is -0.129. The molecule has 1 aliphatic heterocycles. The van der Waals surface area contributed by atoms with Gasteiger partial charge in [-0.3, -0.25) is 9.59 Å². The van der Waals surface area contributed by atoms with Crippen LogP contribution in [-0.4, -0.2) is 32.6 Å². The summed E-state index contributed by atoms with van der Waals surface area (Å²) in [5, 5.41) is 3.07. The fraction of sp³-hybridized carbons (Fsp3) is 0.440. The Kier molecular flexibility index (Phi) is 7.21. The number of rotatable bonds is 7. The molecule has 31 heavy (non-hydrogen) atoms. The van der Waals surface area contributed by atoms with Crippen LogP contribution in [0.25, 0.3) is 0 Å². The largest absolute Gasteiger partial charge is 0.493 e. The van der Waals surface area contributed by atoms with Crippen molar-refractivity contribution < 1.29 is 19.1 Å². The molecule has 1 N–H and O–H groups in total. The van der Waals surface area contributed by atoms with Crippen molar-refractivity contribution in [3.05, 3.63) is 53.6 Å². The molecule has 3 rings (SSSR count). The Morgan fingerprint density at radius 3 is 2.39 bits per heavy atom. The molecule has 2 atom stereocenters. The maximum Gasteiger partial charge on any atom is 0.227 e. The number of carbonyl (C=O) groups is 2. The van der Waals surface area contributed by atoms with Gasteiger partial charge in [-0.15, -0.1) is 0 Å². The third-order valence-electron chi connectivity index (χ3n) is 5.68. The molecule has 2 amide bonds. The highest BCUT2D eigenvalue weighted by molar-refractivity contribution is 5.97. The molecule has 0 aliphatic carbocycles. The fourth-order valence-corrected chi connectivity index (χ4v) is 4.03. The molecular weight excluding hydrogens is 392 g/mol. The highest BCUT2D eigenvalue weighted by atomic mass is 16.5. The first-order valence-corrected chi connectivity index (χ1v) is 10.7. The zero-order valence-electron chi connectivity index (χ0n) is 19.0. The molecule has 0 spiro atoms. The molecule has 0 aromatic heterocycles. The number of piperidine rings is 1. The second kappa shape index (κ2) is 9.86. The number of hydrogen-bond acceptors (Lipinski definition) is 4. The molecular formula is C25H32N2O4. The van der Waals surface area contributed by atoms with Gasteiger partial charge in [-0.05, 0) is 49.1 Å². The van der Waals surface area contributed by atoms with E-state index < -0.39 is 6.04 Å². The highest BCUT2D eigenvalue weighted by Crippen LogP contribution is 2.42. The predicted molar refractivity (Wildman–Crippen MR) is 122 cm³/mol. The van der Waals surface area contributed by atoms with Crippen molar-refractivity contribution in [3.63, 3.8) is 0 Å². The van der Waals surface area contributed by atoms with E-state index in [2.05, 4.69) is 19.2 Å². The van der Waals surface area contributed by atoms with Crippen LogP contribution in [0.2, 0.25) is 0 Å². The molecule has 0 bridgehead atoms. The number of amides is 2. The lowest BCUT2D eigenvalue weighted by atomic mass is 9.83. The first-order valence-electron chi connectivity index (χ1n) is 10.7. The van der Waals surface area contributed by atoms with Crippen molar-refractivity contribution in [3.8, 4) is 11.5 Å². The van der Waals surface area contributed by atoms with Gasteiger partial charge in [0.25, 0.3) is 0 Å². The predicted octanol–water partition coefficient (Wildman–Crippen LogP) is 4.27. The molecule has 2 unspecified atom stereocenters. The Bertz CT molecular complexity index is 924. The fourth-order valence-electron chi connectivity index (χ4n) is 4.03. The summed E-state index contributed by atoms with van der Waals surface area (Å²) in [5.41, 5.74) is 2.75. The van der Waals surface area contributed by atoms with Crippen LogP contribution in [0.5, 0.6) is 11.5 Å². The zero-order chi connectivity index (χ0) is 22.5. The summed E-state index contributed by atoms with van der Waals surface area (Å²) < 4.78 is 10.9. The van der Waals surface area contributed by atoms with Crippen LogP contribution >= 0.6 is 0 Å². The maximum absolute atomic E-state index is 13.2. The molecule has 166 valence electrons. The quantitative estimate of drug-likeness (QED) is 0.721. The summed E-state index contributed by atoms with van der Waals surface area (Å²) in [6.45, 7) is 6.74. The van der Waals surface area contributed by atoms with E-state index in [0.29, 0.717) is 36.8 Å². The standard InChI is InChI=1S/C25H32N2O4/c1-16(2)15-26-25(29)20-11-13-23(28)27(19-9-6-17(3)7-10-19)24(20)18-8-12-21(30-4)22(14-18)31-5/h6-10,12,14,16,20,24H,11,13,15H2,1-5H3,(H,26,29). The van der Waals surface area contributed by atoms with Crippen molar-refractivity contribution in [1.29, 1.82) is 0 Å². The maximum atomic E-state index is 13.2. The lowest BCUT2D eigenvalue weighted by Gasteiger charge is -2.41. The minimum atomic E-state index is -0.434. The number of anilines is 1. The molecule has 2 aromatic rings. The van der Waals surface area contributed by atoms with Gasteiger partial charge in [0, 0.05) is 18.7 Å². The van der Waals surface area contributed by atoms with Gasteiger partial charge in [0.2, 0.25) is 11.8 Å². The van der Waals surface area contributed by atoms with E-state index in [0.717, 1.165) is 16.8 Å². The van der Waals surface area contributed by atoms with Crippen molar-refractivity contribution in [1.82, 2.24) is 5.32 Å². The van der Waals surface area contributed by atoms with Gasteiger partial charge in [0.1, 0.15) is 0 Å². The average Bonchev–Trinajstić information content (AvgIpc) is 2.77. The SMILES string of the molecule is COc1ccc(C2C(C(=O)NCC(C)C)CCC(=O)N2c2ccc(C)cc2)cc1OC. The highest BCUT2D eigenvalue weighted by Gasteiger charge is 2.41. The van der Waals surface area contributed by atoms with E-state index in [1.54, 1.807) is 19.1 Å². The first kappa shape index (κ1) is 22.7. The van der Waals surface area contributed by atoms with E-state index >= 15 is 0 Å². The van der Waals surface area contributed by atoms with Crippen LogP contribution in [0.1, 0.15) is 43.9 Å². The first-order chi connectivity index (χ1) is 14.8. The summed E-state index contributed by atoms with van der Waals surface area (Å²) in [6, 6.07) is 13.0. The number of nitrogens with zero attached hydrogens (tertiary/aromatic N) is 1. The summed E-state index contributed by atoms with van der Waals surface area (Å²) in [5.74, 6) is 1.15. The number of hydrogen-bond donors (Lipinski definition) is 1. The second-order valence-corrected chi connectivity index (χ2v) is 8.44. The van der Waals surface area contributed by atoms with Crippen LogP contribution in [0.4, 0.5) is 5.69 Å². The van der Waals surface area contributed by atoms with Gasteiger partial charge in [-0.1, -0.05) is 37.6 Å². The Labute approximate surface area is 184 Å². The van der Waals surface area contributed by atoms with Gasteiger partial charge in [0.15, 0.2) is 11.5 Å². The van der Waals surface area contributed by atoms with Crippen molar-refractivity contribution in [2.75, 3.05) is 25.7 Å². The average molecular weight is 425 g/mol. The molecule has 6 heteroatoms. The molecule has 1 fully saturated rings. The van der Waals surface area contributed by atoms with Crippen LogP contribution < -0.4 is 19.7 Å². The van der Waals surface area contributed by atoms with Gasteiger partial charge < -0.3 is 19.7 Å². The normalized spacial score (nSPS) is 18.8. The summed E-state index contributed by atoms with van der Waals surface area (Å²) in [4.78, 5) is 28.1. The summed E-state index contributed by atoms with van der Waals surface area (Å²) in [6.07, 6.45) is 0.835. The van der Waals surface area contributed by atoms with Crippen LogP contribution in [0.15, 0.2) is 42.5 Å². The number of methoxy groups -OCH3 is 2. The molecule has 6 nitrogen and oxygen atoms in total. The van der Waals surface area contributed by atoms with Gasteiger partial charge in [0.05, 0.1) is 26.2 Å². The Balaban J connectivity index is 2.08. The van der Waals surface area contributed by atoms with E-state index in [1.807, 2.05) is 49.4 Å². The van der Waals surface area contributed by atoms with Crippen LogP contribution in [0, 0.1) is 18.8 Å². The Hall–Kier alpha value is -3.02. The molecule has 2 aromatic carbocycles. The molecule has 1 saturated heterocycles. The van der Waals surface area contributed by atoms with E-state index in [9.17, 15) is 9.59 Å².